The largest absolute Gasteiger partial charge is 0.508 e. The van der Waals surface area contributed by atoms with E-state index in [-0.39, 0.29) is 0 Å². The Morgan fingerprint density at radius 1 is 1.18 bits per heavy atom. The number of aromatic hydroxyl groups is 1. The van der Waals surface area contributed by atoms with Gasteiger partial charge in [0, 0.05) is 0 Å². The first kappa shape index (κ1) is 8.12. The molecule has 0 atom stereocenters. The summed E-state index contributed by atoms with van der Waals surface area (Å²) in [6, 6.07) is 3.62. The van der Waals surface area contributed by atoms with E-state index in [0.717, 1.165) is 6.42 Å². The third kappa shape index (κ3) is 1.53. The van der Waals surface area contributed by atoms with E-state index in [1.807, 2.05) is 26.0 Å². The molecule has 60 valence electrons. The van der Waals surface area contributed by atoms with E-state index < -0.39 is 0 Å². The molecule has 1 N–H and O–H groups in total. The Balaban J connectivity index is 3.25. The fraction of sp³-hybridized carbons (Fsp3) is 0.400. The monoisotopic (exact) mass is 150 g/mol. The van der Waals surface area contributed by atoms with Crippen LogP contribution in [0.5, 0.6) is 5.75 Å². The van der Waals surface area contributed by atoms with Crippen LogP contribution in [0.4, 0.5) is 0 Å². The first-order valence-corrected chi connectivity index (χ1v) is 3.94. The molecule has 0 aromatic heterocycles. The Labute approximate surface area is 67.7 Å². The Morgan fingerprint density at radius 2 is 1.64 bits per heavy atom. The van der Waals surface area contributed by atoms with Crippen molar-refractivity contribution in [2.75, 3.05) is 0 Å². The minimum absolute atomic E-state index is 0.372. The number of hydrogen-bond acceptors (Lipinski definition) is 1. The molecule has 1 heteroatoms. The lowest BCUT2D eigenvalue weighted by Crippen LogP contribution is -1.90. The average molecular weight is 150 g/mol. The van der Waals surface area contributed by atoms with Crippen LogP contribution in [0.15, 0.2) is 12.1 Å². The van der Waals surface area contributed by atoms with Crippen LogP contribution in [0.2, 0.25) is 0 Å². The van der Waals surface area contributed by atoms with Gasteiger partial charge in [-0.05, 0) is 49.1 Å². The van der Waals surface area contributed by atoms with Gasteiger partial charge in [0.1, 0.15) is 5.75 Å². The van der Waals surface area contributed by atoms with Crippen LogP contribution in [0, 0.1) is 13.8 Å². The van der Waals surface area contributed by atoms with Crippen LogP contribution in [-0.4, -0.2) is 5.11 Å². The minimum atomic E-state index is 0.372. The number of rotatable bonds is 1. The summed E-state index contributed by atoms with van der Waals surface area (Å²) in [6.45, 7) is 6.20. The molecule has 1 aromatic rings. The molecular weight excluding hydrogens is 136 g/mol. The van der Waals surface area contributed by atoms with Crippen LogP contribution < -0.4 is 0 Å². The molecule has 0 aliphatic heterocycles. The van der Waals surface area contributed by atoms with Crippen molar-refractivity contribution in [3.8, 4) is 5.75 Å². The number of phenolic OH excluding ortho intramolecular Hbond substituents is 1. The molecule has 11 heavy (non-hydrogen) atoms. The molecule has 1 rings (SSSR count). The van der Waals surface area contributed by atoms with E-state index >= 15 is 0 Å². The van der Waals surface area contributed by atoms with Crippen molar-refractivity contribution in [3.63, 3.8) is 0 Å². The smallest absolute Gasteiger partial charge is 0.116 e. The highest BCUT2D eigenvalue weighted by atomic mass is 16.3. The molecule has 0 unspecified atom stereocenters. The quantitative estimate of drug-likeness (QED) is 0.652. The van der Waals surface area contributed by atoms with Gasteiger partial charge in [0.2, 0.25) is 0 Å². The van der Waals surface area contributed by atoms with Crippen molar-refractivity contribution in [2.24, 2.45) is 0 Å². The van der Waals surface area contributed by atoms with Crippen molar-refractivity contribution in [1.82, 2.24) is 0 Å². The lowest BCUT2D eigenvalue weighted by molar-refractivity contribution is 0.474. The molecule has 0 saturated heterocycles. The summed E-state index contributed by atoms with van der Waals surface area (Å²) >= 11 is 0. The fourth-order valence-electron chi connectivity index (χ4n) is 1.53. The topological polar surface area (TPSA) is 20.2 Å². The van der Waals surface area contributed by atoms with Crippen LogP contribution >= 0.6 is 0 Å². The zero-order valence-electron chi connectivity index (χ0n) is 7.31. The van der Waals surface area contributed by atoms with Gasteiger partial charge in [-0.15, -0.1) is 0 Å². The van der Waals surface area contributed by atoms with Crippen molar-refractivity contribution in [1.29, 1.82) is 0 Å². The van der Waals surface area contributed by atoms with Gasteiger partial charge < -0.3 is 5.11 Å². The van der Waals surface area contributed by atoms with E-state index in [9.17, 15) is 5.11 Å². The zero-order chi connectivity index (χ0) is 8.43. The molecule has 0 fully saturated rings. The molecule has 0 radical (unpaired) electrons. The lowest BCUT2D eigenvalue weighted by atomic mass is 10.0. The summed E-state index contributed by atoms with van der Waals surface area (Å²) in [5, 5.41) is 9.21. The van der Waals surface area contributed by atoms with E-state index in [4.69, 9.17) is 0 Å². The van der Waals surface area contributed by atoms with Crippen molar-refractivity contribution >= 4 is 0 Å². The van der Waals surface area contributed by atoms with E-state index in [0.29, 0.717) is 5.75 Å². The third-order valence-corrected chi connectivity index (χ3v) is 2.03. The summed E-state index contributed by atoms with van der Waals surface area (Å²) in [4.78, 5) is 0. The molecule has 0 heterocycles. The van der Waals surface area contributed by atoms with Gasteiger partial charge in [0.05, 0.1) is 0 Å². The summed E-state index contributed by atoms with van der Waals surface area (Å²) in [6.07, 6.45) is 1.04. The highest BCUT2D eigenvalue weighted by molar-refractivity contribution is 5.40. The Bertz CT molecular complexity index is 241. The van der Waals surface area contributed by atoms with Crippen LogP contribution in [0.25, 0.3) is 0 Å². The standard InChI is InChI=1S/C10H14O/c1-4-10-7(2)5-9(11)6-8(10)3/h5-6,11H,4H2,1-3H3. The maximum atomic E-state index is 9.21. The molecule has 0 bridgehead atoms. The highest BCUT2D eigenvalue weighted by Crippen LogP contribution is 2.20. The second kappa shape index (κ2) is 2.95. The number of aryl methyl sites for hydroxylation is 2. The van der Waals surface area contributed by atoms with Gasteiger partial charge in [0.15, 0.2) is 0 Å². The summed E-state index contributed by atoms with van der Waals surface area (Å²) in [5.74, 6) is 0.372. The molecule has 1 nitrogen and oxygen atoms in total. The molecule has 0 aliphatic rings. The summed E-state index contributed by atoms with van der Waals surface area (Å²) in [5.41, 5.74) is 3.72. The predicted octanol–water partition coefficient (Wildman–Crippen LogP) is 2.57. The summed E-state index contributed by atoms with van der Waals surface area (Å²) < 4.78 is 0. The number of phenols is 1. The summed E-state index contributed by atoms with van der Waals surface area (Å²) in [7, 11) is 0. The van der Waals surface area contributed by atoms with Gasteiger partial charge >= 0.3 is 0 Å². The van der Waals surface area contributed by atoms with E-state index in [1.165, 1.54) is 16.7 Å². The van der Waals surface area contributed by atoms with Gasteiger partial charge in [-0.25, -0.2) is 0 Å². The molecule has 1 aromatic carbocycles. The molecule has 0 saturated carbocycles. The molecule has 0 aliphatic carbocycles. The van der Waals surface area contributed by atoms with E-state index in [2.05, 4.69) is 6.92 Å². The van der Waals surface area contributed by atoms with Crippen molar-refractivity contribution in [3.05, 3.63) is 28.8 Å². The zero-order valence-corrected chi connectivity index (χ0v) is 7.31. The van der Waals surface area contributed by atoms with Crippen LogP contribution in [-0.2, 0) is 6.42 Å². The third-order valence-electron chi connectivity index (χ3n) is 2.03. The Hall–Kier alpha value is -0.980. The van der Waals surface area contributed by atoms with Gasteiger partial charge in [-0.1, -0.05) is 6.92 Å². The van der Waals surface area contributed by atoms with Crippen molar-refractivity contribution in [2.45, 2.75) is 27.2 Å². The first-order valence-electron chi connectivity index (χ1n) is 3.94. The fourth-order valence-corrected chi connectivity index (χ4v) is 1.53. The normalized spacial score (nSPS) is 10.1. The second-order valence-electron chi connectivity index (χ2n) is 2.91. The minimum Gasteiger partial charge on any atom is -0.508 e. The predicted molar refractivity (Wildman–Crippen MR) is 47.0 cm³/mol. The highest BCUT2D eigenvalue weighted by Gasteiger charge is 2.01. The second-order valence-corrected chi connectivity index (χ2v) is 2.91. The molecular formula is C10H14O. The Kier molecular flexibility index (Phi) is 2.18. The average Bonchev–Trinajstić information content (AvgIpc) is 1.85. The molecule has 0 amide bonds. The maximum Gasteiger partial charge on any atom is 0.116 e. The number of hydrogen-bond donors (Lipinski definition) is 1. The Morgan fingerprint density at radius 3 is 2.00 bits per heavy atom. The van der Waals surface area contributed by atoms with Gasteiger partial charge in [-0.2, -0.15) is 0 Å². The lowest BCUT2D eigenvalue weighted by Gasteiger charge is -2.07. The van der Waals surface area contributed by atoms with Crippen LogP contribution in [0.1, 0.15) is 23.6 Å². The van der Waals surface area contributed by atoms with Crippen molar-refractivity contribution < 1.29 is 5.11 Å². The van der Waals surface area contributed by atoms with Crippen LogP contribution in [0.3, 0.4) is 0 Å². The van der Waals surface area contributed by atoms with Gasteiger partial charge in [-0.3, -0.25) is 0 Å². The number of benzene rings is 1. The SMILES string of the molecule is CCc1c(C)cc(O)cc1C. The first-order chi connectivity index (χ1) is 5.15. The maximum absolute atomic E-state index is 9.21. The van der Waals surface area contributed by atoms with Gasteiger partial charge in [0.25, 0.3) is 0 Å². The van der Waals surface area contributed by atoms with E-state index in [1.54, 1.807) is 0 Å². The molecule has 0 spiro atoms.